The first-order valence-corrected chi connectivity index (χ1v) is 8.63. The Hall–Kier alpha value is -2.05. The lowest BCUT2D eigenvalue weighted by molar-refractivity contribution is -0.128. The lowest BCUT2D eigenvalue weighted by Gasteiger charge is -2.28. The Balaban J connectivity index is 0.000000710. The molecule has 1 unspecified atom stereocenters. The largest absolute Gasteiger partial charge is 0.468 e. The van der Waals surface area contributed by atoms with Crippen molar-refractivity contribution in [2.24, 2.45) is 0 Å². The maximum atomic E-state index is 12.0. The molecule has 0 aromatic rings. The highest BCUT2D eigenvalue weighted by atomic mass is 16.6. The molecule has 1 heterocycles. The number of carbonyl (C=O) groups excluding carboxylic acids is 3. The Morgan fingerprint density at radius 1 is 1.24 bits per heavy atom. The zero-order chi connectivity index (χ0) is 19.5. The van der Waals surface area contributed by atoms with Crippen molar-refractivity contribution >= 4 is 18.5 Å². The van der Waals surface area contributed by atoms with Gasteiger partial charge in [0.15, 0.2) is 0 Å². The van der Waals surface area contributed by atoms with E-state index in [1.807, 2.05) is 20.8 Å². The number of carbonyl (C=O) groups is 3. The molecule has 7 nitrogen and oxygen atoms in total. The number of likely N-dealkylation sites (tertiary alicyclic amines) is 1. The Bertz CT molecular complexity index is 430. The molecular formula is C18H32N2O5. The van der Waals surface area contributed by atoms with E-state index in [1.54, 1.807) is 11.8 Å². The van der Waals surface area contributed by atoms with Gasteiger partial charge in [-0.15, -0.1) is 13.2 Å². The van der Waals surface area contributed by atoms with Gasteiger partial charge < -0.3 is 14.8 Å². The van der Waals surface area contributed by atoms with Crippen LogP contribution in [0, 0.1) is 0 Å². The van der Waals surface area contributed by atoms with E-state index in [9.17, 15) is 14.4 Å². The summed E-state index contributed by atoms with van der Waals surface area (Å²) in [7, 11) is 0. The van der Waals surface area contributed by atoms with Crippen molar-refractivity contribution in [1.82, 2.24) is 10.2 Å². The molecule has 0 aromatic carbocycles. The standard InChI is InChI=1S/C13H22N2O3.C3H6O2.C2H4/c1-13(2,3)18-12(17)15-8-4-5-10(15)11(16)14-9-6-7-9;1-2-5-3-4;1-2/h9-10H,4-8H2,1-3H3,(H,14,16);3H,2H2,1H3;1-2H2. The minimum absolute atomic E-state index is 0.0270. The van der Waals surface area contributed by atoms with E-state index in [-0.39, 0.29) is 18.0 Å². The third kappa shape index (κ3) is 9.74. The van der Waals surface area contributed by atoms with Crippen molar-refractivity contribution in [2.75, 3.05) is 13.2 Å². The smallest absolute Gasteiger partial charge is 0.410 e. The molecule has 7 heteroatoms. The van der Waals surface area contributed by atoms with Crippen LogP contribution in [0.15, 0.2) is 13.2 Å². The van der Waals surface area contributed by atoms with Crippen molar-refractivity contribution in [3.05, 3.63) is 13.2 Å². The van der Waals surface area contributed by atoms with E-state index >= 15 is 0 Å². The van der Waals surface area contributed by atoms with Crippen LogP contribution in [0.4, 0.5) is 4.79 Å². The van der Waals surface area contributed by atoms with Gasteiger partial charge in [0.05, 0.1) is 6.61 Å². The maximum Gasteiger partial charge on any atom is 0.410 e. The monoisotopic (exact) mass is 356 g/mol. The number of nitrogens with zero attached hydrogens (tertiary/aromatic N) is 1. The Morgan fingerprint density at radius 2 is 1.84 bits per heavy atom. The normalized spacial score (nSPS) is 18.7. The van der Waals surface area contributed by atoms with Gasteiger partial charge in [-0.05, 0) is 53.4 Å². The van der Waals surface area contributed by atoms with E-state index in [1.165, 1.54) is 0 Å². The topological polar surface area (TPSA) is 84.9 Å². The quantitative estimate of drug-likeness (QED) is 0.618. The molecule has 2 fully saturated rings. The van der Waals surface area contributed by atoms with Gasteiger partial charge in [-0.2, -0.15) is 0 Å². The first-order valence-electron chi connectivity index (χ1n) is 8.63. The zero-order valence-electron chi connectivity index (χ0n) is 15.9. The van der Waals surface area contributed by atoms with E-state index in [0.717, 1.165) is 25.7 Å². The molecule has 1 N–H and O–H groups in total. The third-order valence-corrected chi connectivity index (χ3v) is 3.34. The number of rotatable bonds is 4. The number of amides is 2. The van der Waals surface area contributed by atoms with Gasteiger partial charge in [-0.25, -0.2) is 4.79 Å². The number of hydrogen-bond donors (Lipinski definition) is 1. The molecule has 1 saturated heterocycles. The lowest BCUT2D eigenvalue weighted by Crippen LogP contribution is -2.48. The Labute approximate surface area is 150 Å². The summed E-state index contributed by atoms with van der Waals surface area (Å²) >= 11 is 0. The molecule has 0 bridgehead atoms. The van der Waals surface area contributed by atoms with E-state index in [4.69, 9.17) is 4.74 Å². The average molecular weight is 356 g/mol. The van der Waals surface area contributed by atoms with Crippen molar-refractivity contribution in [1.29, 1.82) is 0 Å². The molecule has 144 valence electrons. The summed E-state index contributed by atoms with van der Waals surface area (Å²) in [5, 5.41) is 2.96. The predicted molar refractivity (Wildman–Crippen MR) is 96.1 cm³/mol. The summed E-state index contributed by atoms with van der Waals surface area (Å²) in [6.45, 7) is 14.8. The SMILES string of the molecule is C=C.CC(C)(C)OC(=O)N1CCCC1C(=O)NC1CC1.CCOC=O. The van der Waals surface area contributed by atoms with Crippen LogP contribution in [0.25, 0.3) is 0 Å². The van der Waals surface area contributed by atoms with Crippen LogP contribution < -0.4 is 5.32 Å². The molecule has 0 aromatic heterocycles. The number of nitrogens with one attached hydrogen (secondary N) is 1. The Morgan fingerprint density at radius 3 is 2.24 bits per heavy atom. The zero-order valence-corrected chi connectivity index (χ0v) is 15.9. The third-order valence-electron chi connectivity index (χ3n) is 3.34. The highest BCUT2D eigenvalue weighted by Gasteiger charge is 2.38. The molecule has 2 aliphatic rings. The lowest BCUT2D eigenvalue weighted by atomic mass is 10.2. The Kier molecular flexibility index (Phi) is 10.6. The summed E-state index contributed by atoms with van der Waals surface area (Å²) in [4.78, 5) is 34.8. The molecule has 1 aliphatic carbocycles. The van der Waals surface area contributed by atoms with Gasteiger partial charge in [0.2, 0.25) is 5.91 Å². The second-order valence-electron chi connectivity index (χ2n) is 6.67. The fraction of sp³-hybridized carbons (Fsp3) is 0.722. The molecule has 0 radical (unpaired) electrons. The van der Waals surface area contributed by atoms with Crippen molar-refractivity contribution in [3.63, 3.8) is 0 Å². The van der Waals surface area contributed by atoms with Crippen molar-refractivity contribution < 1.29 is 23.9 Å². The van der Waals surface area contributed by atoms with E-state index < -0.39 is 5.60 Å². The summed E-state index contributed by atoms with van der Waals surface area (Å²) in [5.74, 6) is -0.0270. The first-order chi connectivity index (χ1) is 11.8. The van der Waals surface area contributed by atoms with E-state index in [0.29, 0.717) is 25.7 Å². The summed E-state index contributed by atoms with van der Waals surface area (Å²) < 4.78 is 9.48. The number of hydrogen-bond acceptors (Lipinski definition) is 5. The van der Waals surface area contributed by atoms with Crippen molar-refractivity contribution in [2.45, 2.75) is 71.1 Å². The van der Waals surface area contributed by atoms with Crippen LogP contribution in [0.1, 0.15) is 53.4 Å². The molecule has 1 atom stereocenters. The molecule has 0 spiro atoms. The molecule has 25 heavy (non-hydrogen) atoms. The predicted octanol–water partition coefficient (Wildman–Crippen LogP) is 2.65. The summed E-state index contributed by atoms with van der Waals surface area (Å²) in [5.41, 5.74) is -0.517. The van der Waals surface area contributed by atoms with Gasteiger partial charge in [-0.3, -0.25) is 14.5 Å². The van der Waals surface area contributed by atoms with E-state index in [2.05, 4.69) is 23.2 Å². The summed E-state index contributed by atoms with van der Waals surface area (Å²) in [6, 6.07) is -0.0148. The summed E-state index contributed by atoms with van der Waals surface area (Å²) in [6.07, 6.45) is 3.34. The van der Waals surface area contributed by atoms with Crippen LogP contribution in [-0.2, 0) is 19.1 Å². The van der Waals surface area contributed by atoms with Gasteiger partial charge in [0.1, 0.15) is 11.6 Å². The molecular weight excluding hydrogens is 324 g/mol. The fourth-order valence-corrected chi connectivity index (χ4v) is 2.17. The van der Waals surface area contributed by atoms with Crippen molar-refractivity contribution in [3.8, 4) is 0 Å². The van der Waals surface area contributed by atoms with Crippen LogP contribution in [0.2, 0.25) is 0 Å². The minimum atomic E-state index is -0.517. The number of ether oxygens (including phenoxy) is 2. The van der Waals surface area contributed by atoms with Crippen LogP contribution in [-0.4, -0.2) is 54.2 Å². The van der Waals surface area contributed by atoms with Crippen LogP contribution in [0.3, 0.4) is 0 Å². The van der Waals surface area contributed by atoms with Gasteiger partial charge in [0, 0.05) is 12.6 Å². The maximum absolute atomic E-state index is 12.0. The highest BCUT2D eigenvalue weighted by molar-refractivity contribution is 5.86. The van der Waals surface area contributed by atoms with Gasteiger partial charge >= 0.3 is 6.09 Å². The molecule has 2 rings (SSSR count). The van der Waals surface area contributed by atoms with Gasteiger partial charge in [-0.1, -0.05) is 0 Å². The molecule has 1 aliphatic heterocycles. The van der Waals surface area contributed by atoms with Crippen LogP contribution in [0.5, 0.6) is 0 Å². The minimum Gasteiger partial charge on any atom is -0.468 e. The highest BCUT2D eigenvalue weighted by Crippen LogP contribution is 2.23. The molecule has 2 amide bonds. The first kappa shape index (κ1) is 22.9. The second kappa shape index (κ2) is 11.5. The van der Waals surface area contributed by atoms with Crippen LogP contribution >= 0.6 is 0 Å². The van der Waals surface area contributed by atoms with Gasteiger partial charge in [0.25, 0.3) is 6.47 Å². The average Bonchev–Trinajstić information content (AvgIpc) is 3.20. The molecule has 1 saturated carbocycles. The fourth-order valence-electron chi connectivity index (χ4n) is 2.17. The second-order valence-corrected chi connectivity index (χ2v) is 6.67.